The molecule has 0 bridgehead atoms. The van der Waals surface area contributed by atoms with Crippen molar-refractivity contribution in [1.29, 1.82) is 0 Å². The predicted octanol–water partition coefficient (Wildman–Crippen LogP) is 3.32. The summed E-state index contributed by atoms with van der Waals surface area (Å²) in [6.07, 6.45) is 1.07. The SMILES string of the molecule is Cc1ccc(N2CCC(N)C(C)(C)C2)cc1Br. The Balaban J connectivity index is 2.21. The van der Waals surface area contributed by atoms with Crippen molar-refractivity contribution in [3.63, 3.8) is 0 Å². The molecule has 0 spiro atoms. The molecule has 0 aromatic heterocycles. The molecule has 17 heavy (non-hydrogen) atoms. The van der Waals surface area contributed by atoms with Gasteiger partial charge in [-0.1, -0.05) is 35.8 Å². The minimum atomic E-state index is 0.190. The van der Waals surface area contributed by atoms with Crippen molar-refractivity contribution in [2.45, 2.75) is 33.2 Å². The van der Waals surface area contributed by atoms with E-state index in [9.17, 15) is 0 Å². The van der Waals surface area contributed by atoms with Crippen LogP contribution in [0.1, 0.15) is 25.8 Å². The van der Waals surface area contributed by atoms with E-state index < -0.39 is 0 Å². The lowest BCUT2D eigenvalue weighted by Crippen LogP contribution is -2.52. The van der Waals surface area contributed by atoms with Crippen LogP contribution in [0.3, 0.4) is 0 Å². The van der Waals surface area contributed by atoms with Gasteiger partial charge in [-0.25, -0.2) is 0 Å². The Morgan fingerprint density at radius 3 is 2.71 bits per heavy atom. The summed E-state index contributed by atoms with van der Waals surface area (Å²) in [6.45, 7) is 8.72. The number of nitrogens with two attached hydrogens (primary N) is 1. The monoisotopic (exact) mass is 296 g/mol. The molecule has 1 unspecified atom stereocenters. The Morgan fingerprint density at radius 2 is 2.12 bits per heavy atom. The molecule has 1 aromatic carbocycles. The fraction of sp³-hybridized carbons (Fsp3) is 0.571. The van der Waals surface area contributed by atoms with Crippen LogP contribution in [0, 0.1) is 12.3 Å². The van der Waals surface area contributed by atoms with Gasteiger partial charge in [0, 0.05) is 29.3 Å². The lowest BCUT2D eigenvalue weighted by atomic mass is 9.79. The van der Waals surface area contributed by atoms with Crippen molar-refractivity contribution in [1.82, 2.24) is 0 Å². The minimum Gasteiger partial charge on any atom is -0.371 e. The molecule has 2 nitrogen and oxygen atoms in total. The van der Waals surface area contributed by atoms with E-state index in [-0.39, 0.29) is 5.41 Å². The Morgan fingerprint density at radius 1 is 1.41 bits per heavy atom. The van der Waals surface area contributed by atoms with E-state index in [4.69, 9.17) is 5.73 Å². The number of rotatable bonds is 1. The first-order chi connectivity index (χ1) is 7.90. The third-order valence-corrected chi connectivity index (χ3v) is 4.69. The van der Waals surface area contributed by atoms with Crippen molar-refractivity contribution >= 4 is 21.6 Å². The van der Waals surface area contributed by atoms with Gasteiger partial charge in [0.2, 0.25) is 0 Å². The molecular formula is C14H21BrN2. The largest absolute Gasteiger partial charge is 0.371 e. The smallest absolute Gasteiger partial charge is 0.0377 e. The molecule has 2 rings (SSSR count). The van der Waals surface area contributed by atoms with E-state index in [1.807, 2.05) is 0 Å². The van der Waals surface area contributed by atoms with Crippen LogP contribution in [-0.2, 0) is 0 Å². The summed E-state index contributed by atoms with van der Waals surface area (Å²) in [4.78, 5) is 2.44. The molecule has 3 heteroatoms. The van der Waals surface area contributed by atoms with Gasteiger partial charge in [0.25, 0.3) is 0 Å². The van der Waals surface area contributed by atoms with Crippen LogP contribution in [0.5, 0.6) is 0 Å². The Bertz CT molecular complexity index is 415. The van der Waals surface area contributed by atoms with Crippen molar-refractivity contribution in [3.05, 3.63) is 28.2 Å². The Hall–Kier alpha value is -0.540. The molecule has 1 fully saturated rings. The summed E-state index contributed by atoms with van der Waals surface area (Å²) < 4.78 is 1.18. The lowest BCUT2D eigenvalue weighted by Gasteiger charge is -2.43. The molecule has 1 heterocycles. The third-order valence-electron chi connectivity index (χ3n) is 3.83. The highest BCUT2D eigenvalue weighted by Crippen LogP contribution is 2.32. The van der Waals surface area contributed by atoms with Gasteiger partial charge in [-0.3, -0.25) is 0 Å². The van der Waals surface area contributed by atoms with Gasteiger partial charge in [-0.15, -0.1) is 0 Å². The first-order valence-electron chi connectivity index (χ1n) is 6.17. The van der Waals surface area contributed by atoms with Gasteiger partial charge < -0.3 is 10.6 Å². The number of nitrogens with zero attached hydrogens (tertiary/aromatic N) is 1. The van der Waals surface area contributed by atoms with Crippen LogP contribution in [0.2, 0.25) is 0 Å². The topological polar surface area (TPSA) is 29.3 Å². The molecule has 1 saturated heterocycles. The van der Waals surface area contributed by atoms with Gasteiger partial charge in [0.05, 0.1) is 0 Å². The maximum atomic E-state index is 6.17. The predicted molar refractivity (Wildman–Crippen MR) is 77.5 cm³/mol. The van der Waals surface area contributed by atoms with Crippen molar-refractivity contribution in [2.24, 2.45) is 11.1 Å². The lowest BCUT2D eigenvalue weighted by molar-refractivity contribution is 0.245. The second kappa shape index (κ2) is 4.62. The quantitative estimate of drug-likeness (QED) is 0.861. The van der Waals surface area contributed by atoms with Crippen LogP contribution in [0.15, 0.2) is 22.7 Å². The molecule has 1 atom stereocenters. The van der Waals surface area contributed by atoms with Gasteiger partial charge >= 0.3 is 0 Å². The van der Waals surface area contributed by atoms with E-state index in [0.29, 0.717) is 6.04 Å². The molecule has 1 aliphatic rings. The van der Waals surface area contributed by atoms with E-state index in [1.165, 1.54) is 15.7 Å². The minimum absolute atomic E-state index is 0.190. The second-order valence-electron chi connectivity index (χ2n) is 5.74. The number of halogens is 1. The van der Waals surface area contributed by atoms with Gasteiger partial charge in [0.15, 0.2) is 0 Å². The summed E-state index contributed by atoms with van der Waals surface area (Å²) in [5.74, 6) is 0. The number of aryl methyl sites for hydroxylation is 1. The summed E-state index contributed by atoms with van der Waals surface area (Å²) in [6, 6.07) is 6.89. The Labute approximate surface area is 112 Å². The van der Waals surface area contributed by atoms with Crippen molar-refractivity contribution < 1.29 is 0 Å². The zero-order valence-corrected chi connectivity index (χ0v) is 12.4. The number of anilines is 1. The summed E-state index contributed by atoms with van der Waals surface area (Å²) in [5.41, 5.74) is 8.93. The van der Waals surface area contributed by atoms with Crippen molar-refractivity contribution in [2.75, 3.05) is 18.0 Å². The van der Waals surface area contributed by atoms with Crippen LogP contribution >= 0.6 is 15.9 Å². The van der Waals surface area contributed by atoms with Gasteiger partial charge in [-0.05, 0) is 36.5 Å². The summed E-state index contributed by atoms with van der Waals surface area (Å²) >= 11 is 3.60. The van der Waals surface area contributed by atoms with Crippen molar-refractivity contribution in [3.8, 4) is 0 Å². The van der Waals surface area contributed by atoms with Gasteiger partial charge in [-0.2, -0.15) is 0 Å². The van der Waals surface area contributed by atoms with E-state index in [0.717, 1.165) is 19.5 Å². The van der Waals surface area contributed by atoms with Crippen LogP contribution in [0.25, 0.3) is 0 Å². The van der Waals surface area contributed by atoms with Crippen LogP contribution in [0.4, 0.5) is 5.69 Å². The summed E-state index contributed by atoms with van der Waals surface area (Å²) in [5, 5.41) is 0. The maximum absolute atomic E-state index is 6.17. The molecule has 2 N–H and O–H groups in total. The molecule has 0 radical (unpaired) electrons. The molecule has 1 aromatic rings. The Kier molecular flexibility index (Phi) is 3.50. The van der Waals surface area contributed by atoms with E-state index >= 15 is 0 Å². The highest BCUT2D eigenvalue weighted by atomic mass is 79.9. The standard InChI is InChI=1S/C14H21BrN2/c1-10-4-5-11(8-12(10)15)17-7-6-13(16)14(2,3)9-17/h4-5,8,13H,6-7,9,16H2,1-3H3. The molecule has 94 valence electrons. The molecule has 0 amide bonds. The fourth-order valence-electron chi connectivity index (χ4n) is 2.37. The summed E-state index contributed by atoms with van der Waals surface area (Å²) in [7, 11) is 0. The third kappa shape index (κ3) is 2.66. The maximum Gasteiger partial charge on any atom is 0.0377 e. The van der Waals surface area contributed by atoms with E-state index in [1.54, 1.807) is 0 Å². The number of piperidine rings is 1. The first kappa shape index (κ1) is 12.9. The van der Waals surface area contributed by atoms with Gasteiger partial charge in [0.1, 0.15) is 0 Å². The molecule has 1 aliphatic heterocycles. The average molecular weight is 297 g/mol. The number of benzene rings is 1. The normalized spacial score (nSPS) is 23.8. The van der Waals surface area contributed by atoms with Crippen LogP contribution in [-0.4, -0.2) is 19.1 Å². The fourth-order valence-corrected chi connectivity index (χ4v) is 2.74. The molecular weight excluding hydrogens is 276 g/mol. The number of hydrogen-bond donors (Lipinski definition) is 1. The molecule has 0 aliphatic carbocycles. The molecule has 0 saturated carbocycles. The zero-order valence-electron chi connectivity index (χ0n) is 10.8. The van der Waals surface area contributed by atoms with E-state index in [2.05, 4.69) is 59.8 Å². The zero-order chi connectivity index (χ0) is 12.6. The highest BCUT2D eigenvalue weighted by Gasteiger charge is 2.33. The first-order valence-corrected chi connectivity index (χ1v) is 6.96. The highest BCUT2D eigenvalue weighted by molar-refractivity contribution is 9.10. The second-order valence-corrected chi connectivity index (χ2v) is 6.59. The van der Waals surface area contributed by atoms with Crippen LogP contribution < -0.4 is 10.6 Å². The average Bonchev–Trinajstić information content (AvgIpc) is 2.26. The number of hydrogen-bond acceptors (Lipinski definition) is 2.